The van der Waals surface area contributed by atoms with Gasteiger partial charge in [0.2, 0.25) is 0 Å². The van der Waals surface area contributed by atoms with Crippen molar-refractivity contribution in [1.29, 1.82) is 0 Å². The zero-order valence-corrected chi connectivity index (χ0v) is 18.5. The van der Waals surface area contributed by atoms with Gasteiger partial charge in [0.15, 0.2) is 16.3 Å². The number of thioether (sulfide) groups is 1. The number of aromatic amines is 1. The van der Waals surface area contributed by atoms with Crippen LogP contribution in [0.1, 0.15) is 26.2 Å². The Balaban J connectivity index is 1.84. The summed E-state index contributed by atoms with van der Waals surface area (Å²) >= 11 is 7.38. The number of fused-ring (bicyclic) bond motifs is 1. The van der Waals surface area contributed by atoms with Crippen LogP contribution in [0.3, 0.4) is 0 Å². The number of aryl methyl sites for hydroxylation is 1. The van der Waals surface area contributed by atoms with E-state index >= 15 is 0 Å². The Hall–Kier alpha value is -2.23. The molecule has 2 aromatic heterocycles. The number of nitrogens with one attached hydrogen (secondary N) is 1. The van der Waals surface area contributed by atoms with Crippen LogP contribution in [0.2, 0.25) is 5.02 Å². The zero-order chi connectivity index (χ0) is 21.7. The van der Waals surface area contributed by atoms with Crippen molar-refractivity contribution in [1.82, 2.24) is 19.1 Å². The molecule has 3 rings (SSSR count). The van der Waals surface area contributed by atoms with E-state index in [-0.39, 0.29) is 18.7 Å². The lowest BCUT2D eigenvalue weighted by Gasteiger charge is -2.15. The van der Waals surface area contributed by atoms with Crippen molar-refractivity contribution in [3.8, 4) is 5.75 Å². The molecule has 2 N–H and O–H groups in total. The molecular weight excluding hydrogens is 428 g/mol. The molecule has 1 aromatic carbocycles. The third-order valence-corrected chi connectivity index (χ3v) is 5.92. The quantitative estimate of drug-likeness (QED) is 0.362. The van der Waals surface area contributed by atoms with Crippen molar-refractivity contribution < 1.29 is 9.84 Å². The van der Waals surface area contributed by atoms with E-state index in [0.717, 1.165) is 25.0 Å². The molecule has 8 nitrogen and oxygen atoms in total. The van der Waals surface area contributed by atoms with Gasteiger partial charge < -0.3 is 14.4 Å². The van der Waals surface area contributed by atoms with E-state index in [0.29, 0.717) is 21.6 Å². The molecule has 1 atom stereocenters. The molecule has 0 aliphatic carbocycles. The number of halogens is 1. The zero-order valence-electron chi connectivity index (χ0n) is 16.9. The molecule has 0 amide bonds. The highest BCUT2D eigenvalue weighted by molar-refractivity contribution is 7.99. The molecule has 0 aliphatic heterocycles. The van der Waals surface area contributed by atoms with E-state index in [9.17, 15) is 14.7 Å². The van der Waals surface area contributed by atoms with Gasteiger partial charge in [0.25, 0.3) is 5.56 Å². The number of benzene rings is 1. The molecule has 0 spiro atoms. The van der Waals surface area contributed by atoms with Gasteiger partial charge in [0.1, 0.15) is 18.5 Å². The Morgan fingerprint density at radius 1 is 1.27 bits per heavy atom. The number of aliphatic hydroxyl groups is 1. The van der Waals surface area contributed by atoms with Gasteiger partial charge in [-0.1, -0.05) is 43.1 Å². The molecule has 1 unspecified atom stereocenters. The number of rotatable bonds is 10. The average Bonchev–Trinajstić information content (AvgIpc) is 3.08. The Bertz CT molecular complexity index is 1110. The van der Waals surface area contributed by atoms with Crippen molar-refractivity contribution >= 4 is 34.5 Å². The van der Waals surface area contributed by atoms with Gasteiger partial charge in [0, 0.05) is 17.8 Å². The fourth-order valence-electron chi connectivity index (χ4n) is 3.00. The first kappa shape index (κ1) is 22.5. The van der Waals surface area contributed by atoms with Gasteiger partial charge in [-0.05, 0) is 30.7 Å². The fourth-order valence-corrected chi connectivity index (χ4v) is 4.13. The number of imidazole rings is 1. The summed E-state index contributed by atoms with van der Waals surface area (Å²) in [4.78, 5) is 31.3. The molecular formula is C20H25ClN4O4S. The maximum absolute atomic E-state index is 12.5. The second kappa shape index (κ2) is 10.2. The molecule has 0 radical (unpaired) electrons. The molecule has 30 heavy (non-hydrogen) atoms. The first-order chi connectivity index (χ1) is 14.4. The average molecular weight is 453 g/mol. The summed E-state index contributed by atoms with van der Waals surface area (Å²) in [6.45, 7) is 2.28. The molecule has 10 heteroatoms. The second-order valence-electron chi connectivity index (χ2n) is 6.97. The summed E-state index contributed by atoms with van der Waals surface area (Å²) in [5.41, 5.74) is -0.480. The maximum Gasteiger partial charge on any atom is 0.329 e. The van der Waals surface area contributed by atoms with Gasteiger partial charge in [-0.2, -0.15) is 0 Å². The van der Waals surface area contributed by atoms with Crippen molar-refractivity contribution in [2.24, 2.45) is 7.05 Å². The highest BCUT2D eigenvalue weighted by Crippen LogP contribution is 2.23. The predicted octanol–water partition coefficient (Wildman–Crippen LogP) is 2.80. The summed E-state index contributed by atoms with van der Waals surface area (Å²) < 4.78 is 8.59. The molecule has 0 saturated heterocycles. The minimum atomic E-state index is -0.885. The molecule has 162 valence electrons. The van der Waals surface area contributed by atoms with Crippen LogP contribution in [-0.2, 0) is 13.6 Å². The number of ether oxygens (including phenoxy) is 1. The van der Waals surface area contributed by atoms with E-state index in [1.165, 1.54) is 16.3 Å². The molecule has 3 aromatic rings. The number of aromatic nitrogens is 4. The Kier molecular flexibility index (Phi) is 7.63. The summed E-state index contributed by atoms with van der Waals surface area (Å²) in [5, 5.41) is 11.8. The lowest BCUT2D eigenvalue weighted by atomic mass is 10.3. The third kappa shape index (κ3) is 5.27. The first-order valence-electron chi connectivity index (χ1n) is 9.79. The lowest BCUT2D eigenvalue weighted by molar-refractivity contribution is 0.0914. The predicted molar refractivity (Wildman–Crippen MR) is 119 cm³/mol. The van der Waals surface area contributed by atoms with Crippen molar-refractivity contribution in [2.45, 2.75) is 44.0 Å². The molecule has 2 heterocycles. The van der Waals surface area contributed by atoms with E-state index in [4.69, 9.17) is 16.3 Å². The Morgan fingerprint density at radius 3 is 2.70 bits per heavy atom. The Morgan fingerprint density at radius 2 is 2.00 bits per heavy atom. The van der Waals surface area contributed by atoms with Crippen LogP contribution in [0.15, 0.2) is 39.0 Å². The number of hydrogen-bond acceptors (Lipinski definition) is 6. The van der Waals surface area contributed by atoms with Gasteiger partial charge in [-0.25, -0.2) is 9.78 Å². The normalized spacial score (nSPS) is 12.4. The van der Waals surface area contributed by atoms with E-state index in [1.807, 2.05) is 0 Å². The summed E-state index contributed by atoms with van der Waals surface area (Å²) in [7, 11) is 1.56. The summed E-state index contributed by atoms with van der Waals surface area (Å²) in [5.74, 6) is 1.42. The molecule has 0 saturated carbocycles. The van der Waals surface area contributed by atoms with E-state index in [1.54, 1.807) is 35.9 Å². The maximum atomic E-state index is 12.5. The minimum Gasteiger partial charge on any atom is -0.491 e. The number of hydrogen-bond donors (Lipinski definition) is 2. The monoisotopic (exact) mass is 452 g/mol. The second-order valence-corrected chi connectivity index (χ2v) is 8.47. The largest absolute Gasteiger partial charge is 0.491 e. The van der Waals surface area contributed by atoms with Crippen molar-refractivity contribution in [3.63, 3.8) is 0 Å². The van der Waals surface area contributed by atoms with E-state index < -0.39 is 17.4 Å². The van der Waals surface area contributed by atoms with Crippen LogP contribution in [-0.4, -0.2) is 42.7 Å². The fraction of sp³-hybridized carbons (Fsp3) is 0.450. The standard InChI is InChI=1S/C20H25ClN4O4S/c1-3-4-5-10-30-20-22-17-16(18(27)23-19(28)24(17)2)25(20)11-14(26)12-29-15-8-6-13(21)7-9-15/h6-9,14,26H,3-5,10-12H2,1-2H3,(H,23,27,28). The highest BCUT2D eigenvalue weighted by atomic mass is 35.5. The van der Waals surface area contributed by atoms with Gasteiger partial charge >= 0.3 is 5.69 Å². The number of H-pyrrole nitrogens is 1. The smallest absolute Gasteiger partial charge is 0.329 e. The molecule has 0 aliphatic rings. The van der Waals surface area contributed by atoms with Crippen LogP contribution in [0.4, 0.5) is 0 Å². The van der Waals surface area contributed by atoms with Gasteiger partial charge in [-0.15, -0.1) is 0 Å². The van der Waals surface area contributed by atoms with Crippen molar-refractivity contribution in [2.75, 3.05) is 12.4 Å². The minimum absolute atomic E-state index is 0.0327. The number of nitrogens with zero attached hydrogens (tertiary/aromatic N) is 3. The lowest BCUT2D eigenvalue weighted by Crippen LogP contribution is -2.30. The van der Waals surface area contributed by atoms with E-state index in [2.05, 4.69) is 16.9 Å². The van der Waals surface area contributed by atoms with Crippen molar-refractivity contribution in [3.05, 3.63) is 50.1 Å². The van der Waals surface area contributed by atoms with Gasteiger partial charge in [0.05, 0.1) is 6.54 Å². The molecule has 0 fully saturated rings. The highest BCUT2D eigenvalue weighted by Gasteiger charge is 2.20. The summed E-state index contributed by atoms with van der Waals surface area (Å²) in [6.07, 6.45) is 2.34. The van der Waals surface area contributed by atoms with Crippen LogP contribution >= 0.6 is 23.4 Å². The van der Waals surface area contributed by atoms with Crippen LogP contribution < -0.4 is 16.0 Å². The number of unbranched alkanes of at least 4 members (excludes halogenated alkanes) is 2. The van der Waals surface area contributed by atoms with Crippen LogP contribution in [0, 0.1) is 0 Å². The van der Waals surface area contributed by atoms with Crippen LogP contribution in [0.25, 0.3) is 11.2 Å². The SMILES string of the molecule is CCCCCSc1nc2c(c(=O)[nH]c(=O)n2C)n1CC(O)COc1ccc(Cl)cc1. The summed E-state index contributed by atoms with van der Waals surface area (Å²) in [6, 6.07) is 6.85. The van der Waals surface area contributed by atoms with Gasteiger partial charge in [-0.3, -0.25) is 14.3 Å². The number of aliphatic hydroxyl groups excluding tert-OH is 1. The topological polar surface area (TPSA) is 102 Å². The first-order valence-corrected chi connectivity index (χ1v) is 11.2. The third-order valence-electron chi connectivity index (χ3n) is 4.60. The molecule has 0 bridgehead atoms. The van der Waals surface area contributed by atoms with Crippen LogP contribution in [0.5, 0.6) is 5.75 Å². The Labute approximate surface area is 182 Å².